The minimum absolute atomic E-state index is 0.390. The molecule has 5 heteroatoms. The molecule has 2 aromatic heterocycles. The number of pyridine rings is 1. The van der Waals surface area contributed by atoms with Crippen LogP contribution in [0, 0.1) is 0 Å². The van der Waals surface area contributed by atoms with Crippen molar-refractivity contribution in [2.45, 2.75) is 6.54 Å². The van der Waals surface area contributed by atoms with Gasteiger partial charge in [0.2, 0.25) is 0 Å². The first-order valence-corrected chi connectivity index (χ1v) is 5.44. The fourth-order valence-corrected chi connectivity index (χ4v) is 1.44. The molecule has 0 spiro atoms. The number of ether oxygens (including phenoxy) is 1. The fraction of sp³-hybridized carbons (Fsp3) is 0.154. The number of methoxy groups -OCH3 is 1. The van der Waals surface area contributed by atoms with Gasteiger partial charge >= 0.3 is 5.97 Å². The van der Waals surface area contributed by atoms with Gasteiger partial charge < -0.3 is 9.30 Å². The Labute approximate surface area is 105 Å². The van der Waals surface area contributed by atoms with Crippen LogP contribution in [-0.4, -0.2) is 27.6 Å². The smallest absolute Gasteiger partial charge is 0.330 e. The second-order valence-corrected chi connectivity index (χ2v) is 3.68. The number of hydrogen-bond donors (Lipinski definition) is 0. The molecule has 2 aromatic rings. The third-order valence-electron chi connectivity index (χ3n) is 2.36. The Balaban J connectivity index is 2.01. The van der Waals surface area contributed by atoms with E-state index < -0.39 is 0 Å². The van der Waals surface area contributed by atoms with Crippen LogP contribution >= 0.6 is 0 Å². The second-order valence-electron chi connectivity index (χ2n) is 3.68. The lowest BCUT2D eigenvalue weighted by atomic mass is 10.2. The molecule has 5 nitrogen and oxygen atoms in total. The Hall–Kier alpha value is -2.43. The Morgan fingerprint density at radius 2 is 2.39 bits per heavy atom. The molecule has 0 aliphatic rings. The highest BCUT2D eigenvalue weighted by atomic mass is 16.5. The summed E-state index contributed by atoms with van der Waals surface area (Å²) in [6.07, 6.45) is 10.1. The van der Waals surface area contributed by atoms with Crippen LogP contribution in [0.25, 0.3) is 6.08 Å². The van der Waals surface area contributed by atoms with Crippen LogP contribution in [-0.2, 0) is 16.1 Å². The van der Waals surface area contributed by atoms with E-state index in [0.717, 1.165) is 17.8 Å². The van der Waals surface area contributed by atoms with Crippen LogP contribution in [0.4, 0.5) is 0 Å². The van der Waals surface area contributed by atoms with Crippen molar-refractivity contribution >= 4 is 12.0 Å². The molecule has 0 atom stereocenters. The Bertz CT molecular complexity index is 530. The Kier molecular flexibility index (Phi) is 3.86. The maximum Gasteiger partial charge on any atom is 0.330 e. The molecule has 0 radical (unpaired) electrons. The van der Waals surface area contributed by atoms with E-state index in [-0.39, 0.29) is 5.97 Å². The highest BCUT2D eigenvalue weighted by molar-refractivity contribution is 5.86. The molecule has 0 amide bonds. The molecule has 2 heterocycles. The summed E-state index contributed by atoms with van der Waals surface area (Å²) in [7, 11) is 1.34. The average Bonchev–Trinajstić information content (AvgIpc) is 2.90. The summed E-state index contributed by atoms with van der Waals surface area (Å²) in [6, 6.07) is 3.82. The summed E-state index contributed by atoms with van der Waals surface area (Å²) in [6.45, 7) is 0.730. The van der Waals surface area contributed by atoms with Crippen LogP contribution < -0.4 is 0 Å². The first-order chi connectivity index (χ1) is 8.78. The van der Waals surface area contributed by atoms with E-state index >= 15 is 0 Å². The van der Waals surface area contributed by atoms with Crippen LogP contribution in [0.15, 0.2) is 43.1 Å². The van der Waals surface area contributed by atoms with E-state index in [2.05, 4.69) is 14.7 Å². The zero-order valence-corrected chi connectivity index (χ0v) is 9.98. The van der Waals surface area contributed by atoms with Crippen molar-refractivity contribution in [3.05, 3.63) is 54.4 Å². The van der Waals surface area contributed by atoms with Gasteiger partial charge in [-0.05, 0) is 17.7 Å². The number of carbonyl (C=O) groups is 1. The first kappa shape index (κ1) is 12.0. The van der Waals surface area contributed by atoms with Gasteiger partial charge in [-0.3, -0.25) is 4.98 Å². The molecular formula is C13H13N3O2. The fourth-order valence-electron chi connectivity index (χ4n) is 1.44. The minimum atomic E-state index is -0.390. The van der Waals surface area contributed by atoms with Crippen molar-refractivity contribution in [1.82, 2.24) is 14.5 Å². The summed E-state index contributed by atoms with van der Waals surface area (Å²) in [5, 5.41) is 0. The Morgan fingerprint density at radius 1 is 1.50 bits per heavy atom. The van der Waals surface area contributed by atoms with Gasteiger partial charge in [0.15, 0.2) is 0 Å². The Morgan fingerprint density at radius 3 is 3.00 bits per heavy atom. The number of nitrogens with zero attached hydrogens (tertiary/aromatic N) is 3. The maximum atomic E-state index is 10.9. The summed E-state index contributed by atoms with van der Waals surface area (Å²) in [5.74, 6) is -0.390. The number of esters is 1. The molecule has 0 aliphatic heterocycles. The van der Waals surface area contributed by atoms with Crippen molar-refractivity contribution in [1.29, 1.82) is 0 Å². The van der Waals surface area contributed by atoms with E-state index in [9.17, 15) is 4.79 Å². The number of carbonyl (C=O) groups excluding carboxylic acids is 1. The van der Waals surface area contributed by atoms with E-state index in [1.54, 1.807) is 24.8 Å². The van der Waals surface area contributed by atoms with Crippen LogP contribution in [0.1, 0.15) is 11.3 Å². The van der Waals surface area contributed by atoms with E-state index in [1.165, 1.54) is 13.2 Å². The molecule has 0 bridgehead atoms. The third-order valence-corrected chi connectivity index (χ3v) is 2.36. The van der Waals surface area contributed by atoms with Gasteiger partial charge in [-0.1, -0.05) is 6.07 Å². The lowest BCUT2D eigenvalue weighted by molar-refractivity contribution is -0.134. The number of imidazole rings is 1. The topological polar surface area (TPSA) is 57.0 Å². The third kappa shape index (κ3) is 3.28. The standard InChI is InChI=1S/C13H13N3O2/c1-18-13(17)5-4-12-3-2-11(8-15-12)9-16-7-6-14-10-16/h2-8,10H,9H2,1H3/b5-4+. The normalized spacial score (nSPS) is 10.7. The molecule has 18 heavy (non-hydrogen) atoms. The van der Waals surface area contributed by atoms with Gasteiger partial charge in [0.05, 0.1) is 19.1 Å². The van der Waals surface area contributed by atoms with Gasteiger partial charge in [0, 0.05) is 31.2 Å². The van der Waals surface area contributed by atoms with E-state index in [1.807, 2.05) is 22.9 Å². The van der Waals surface area contributed by atoms with E-state index in [0.29, 0.717) is 0 Å². The quantitative estimate of drug-likeness (QED) is 0.603. The van der Waals surface area contributed by atoms with Crippen LogP contribution in [0.2, 0.25) is 0 Å². The summed E-state index contributed by atoms with van der Waals surface area (Å²) >= 11 is 0. The van der Waals surface area contributed by atoms with Gasteiger partial charge in [0.25, 0.3) is 0 Å². The van der Waals surface area contributed by atoms with Crippen molar-refractivity contribution in [3.8, 4) is 0 Å². The largest absolute Gasteiger partial charge is 0.466 e. The summed E-state index contributed by atoms with van der Waals surface area (Å²) in [5.41, 5.74) is 1.79. The molecule has 0 aliphatic carbocycles. The van der Waals surface area contributed by atoms with Crippen molar-refractivity contribution in [2.75, 3.05) is 7.11 Å². The van der Waals surface area contributed by atoms with Gasteiger partial charge in [-0.25, -0.2) is 9.78 Å². The summed E-state index contributed by atoms with van der Waals surface area (Å²) < 4.78 is 6.46. The first-order valence-electron chi connectivity index (χ1n) is 5.44. The maximum absolute atomic E-state index is 10.9. The van der Waals surface area contributed by atoms with Crippen LogP contribution in [0.3, 0.4) is 0 Å². The number of hydrogen-bond acceptors (Lipinski definition) is 4. The second kappa shape index (κ2) is 5.77. The molecule has 92 valence electrons. The predicted octanol–water partition coefficient (Wildman–Crippen LogP) is 1.51. The molecule has 2 rings (SSSR count). The van der Waals surface area contributed by atoms with Crippen molar-refractivity contribution in [3.63, 3.8) is 0 Å². The lowest BCUT2D eigenvalue weighted by Crippen LogP contribution is -1.97. The lowest BCUT2D eigenvalue weighted by Gasteiger charge is -2.02. The molecule has 0 unspecified atom stereocenters. The van der Waals surface area contributed by atoms with Gasteiger partial charge in [0.1, 0.15) is 0 Å². The summed E-state index contributed by atoms with van der Waals surface area (Å²) in [4.78, 5) is 19.1. The predicted molar refractivity (Wildman–Crippen MR) is 66.6 cm³/mol. The molecule has 0 N–H and O–H groups in total. The van der Waals surface area contributed by atoms with Gasteiger partial charge in [-0.2, -0.15) is 0 Å². The zero-order chi connectivity index (χ0) is 12.8. The SMILES string of the molecule is COC(=O)/C=C/c1ccc(Cn2ccnc2)cn1. The van der Waals surface area contributed by atoms with Crippen molar-refractivity contribution < 1.29 is 9.53 Å². The zero-order valence-electron chi connectivity index (χ0n) is 9.98. The number of aromatic nitrogens is 3. The molecule has 0 saturated carbocycles. The molecule has 0 fully saturated rings. The number of rotatable bonds is 4. The highest BCUT2D eigenvalue weighted by Gasteiger charge is 1.96. The molecule has 0 saturated heterocycles. The van der Waals surface area contributed by atoms with E-state index in [4.69, 9.17) is 0 Å². The minimum Gasteiger partial charge on any atom is -0.466 e. The van der Waals surface area contributed by atoms with Crippen LogP contribution in [0.5, 0.6) is 0 Å². The average molecular weight is 243 g/mol. The highest BCUT2D eigenvalue weighted by Crippen LogP contribution is 2.04. The van der Waals surface area contributed by atoms with Crippen molar-refractivity contribution in [2.24, 2.45) is 0 Å². The monoisotopic (exact) mass is 243 g/mol. The molecule has 0 aromatic carbocycles. The molecular weight excluding hydrogens is 230 g/mol. The van der Waals surface area contributed by atoms with Gasteiger partial charge in [-0.15, -0.1) is 0 Å².